The van der Waals surface area contributed by atoms with Crippen LogP contribution in [0.25, 0.3) is 0 Å². The van der Waals surface area contributed by atoms with Crippen LogP contribution in [-0.2, 0) is 15.8 Å². The highest BCUT2D eigenvalue weighted by Crippen LogP contribution is 2.18. The topological polar surface area (TPSA) is 37.4 Å². The molecule has 0 fully saturated rings. The number of nitrogens with zero attached hydrogens (tertiary/aromatic N) is 1. The van der Waals surface area contributed by atoms with Gasteiger partial charge in [0.25, 0.3) is 0 Å². The van der Waals surface area contributed by atoms with Crippen molar-refractivity contribution in [2.45, 2.75) is 5.75 Å². The van der Waals surface area contributed by atoms with E-state index in [1.54, 1.807) is 24.3 Å². The first-order valence-corrected chi connectivity index (χ1v) is 7.36. The van der Waals surface area contributed by atoms with E-state index in [4.69, 9.17) is 0 Å². The zero-order chi connectivity index (χ0) is 13.9. The minimum Gasteiger partial charge on any atom is -0.273 e. The lowest BCUT2D eigenvalue weighted by atomic mass is 10.2. The summed E-state index contributed by atoms with van der Waals surface area (Å²) in [5.41, 5.74) is 1.16. The van der Waals surface area contributed by atoms with Crippen molar-refractivity contribution in [3.8, 4) is 0 Å². The summed E-state index contributed by atoms with van der Waals surface area (Å²) in [6, 6.07) is 14.3. The van der Waals surface area contributed by atoms with Gasteiger partial charge < -0.3 is 0 Å². The van der Waals surface area contributed by atoms with Gasteiger partial charge in [-0.1, -0.05) is 30.3 Å². The van der Waals surface area contributed by atoms with Crippen LogP contribution in [0.2, 0.25) is 0 Å². The Morgan fingerprint density at radius 3 is 2.16 bits per heavy atom. The van der Waals surface area contributed by atoms with E-state index in [0.29, 0.717) is 11.3 Å². The Labute approximate surface area is 112 Å². The Balaban J connectivity index is 2.21. The minimum atomic E-state index is -3.47. The first kappa shape index (κ1) is 13.5. The molecule has 0 aromatic heterocycles. The summed E-state index contributed by atoms with van der Waals surface area (Å²) in [6.07, 6.45) is 0. The SMILES string of the molecule is CN(c1ccccc1)S(=O)(=O)Cc1ccc(F)cc1. The second kappa shape index (κ2) is 5.40. The van der Waals surface area contributed by atoms with Crippen molar-refractivity contribution < 1.29 is 12.8 Å². The average Bonchev–Trinajstić information content (AvgIpc) is 2.41. The third-order valence-corrected chi connectivity index (χ3v) is 4.54. The van der Waals surface area contributed by atoms with E-state index in [2.05, 4.69) is 0 Å². The second-order valence-electron chi connectivity index (χ2n) is 4.19. The van der Waals surface area contributed by atoms with Crippen molar-refractivity contribution in [3.63, 3.8) is 0 Å². The fraction of sp³-hybridized carbons (Fsp3) is 0.143. The molecule has 2 aromatic carbocycles. The number of anilines is 1. The highest BCUT2D eigenvalue weighted by Gasteiger charge is 2.18. The number of hydrogen-bond donors (Lipinski definition) is 0. The maximum atomic E-state index is 12.8. The smallest absolute Gasteiger partial charge is 0.239 e. The van der Waals surface area contributed by atoms with Crippen LogP contribution in [0.5, 0.6) is 0 Å². The second-order valence-corrected chi connectivity index (χ2v) is 6.19. The van der Waals surface area contributed by atoms with Gasteiger partial charge in [-0.2, -0.15) is 0 Å². The van der Waals surface area contributed by atoms with E-state index in [-0.39, 0.29) is 11.6 Å². The summed E-state index contributed by atoms with van der Waals surface area (Å²) in [7, 11) is -1.96. The van der Waals surface area contributed by atoms with Crippen LogP contribution in [0.3, 0.4) is 0 Å². The van der Waals surface area contributed by atoms with E-state index in [1.807, 2.05) is 6.07 Å². The van der Waals surface area contributed by atoms with Gasteiger partial charge in [-0.25, -0.2) is 12.8 Å². The Morgan fingerprint density at radius 1 is 1.00 bits per heavy atom. The minimum absolute atomic E-state index is 0.154. The standard InChI is InChI=1S/C14H14FNO2S/c1-16(14-5-3-2-4-6-14)19(17,18)11-12-7-9-13(15)10-8-12/h2-10H,11H2,1H3. The fourth-order valence-electron chi connectivity index (χ4n) is 1.69. The summed E-state index contributed by atoms with van der Waals surface area (Å²) in [5.74, 6) is -0.531. The molecule has 0 saturated carbocycles. The van der Waals surface area contributed by atoms with Crippen molar-refractivity contribution in [1.82, 2.24) is 0 Å². The normalized spacial score (nSPS) is 11.3. The van der Waals surface area contributed by atoms with Gasteiger partial charge in [0, 0.05) is 7.05 Å². The molecule has 5 heteroatoms. The lowest BCUT2D eigenvalue weighted by molar-refractivity contribution is 0.593. The highest BCUT2D eigenvalue weighted by atomic mass is 32.2. The van der Waals surface area contributed by atoms with Crippen LogP contribution in [0.15, 0.2) is 54.6 Å². The molecule has 0 heterocycles. The molecule has 19 heavy (non-hydrogen) atoms. The van der Waals surface area contributed by atoms with Crippen LogP contribution in [0.1, 0.15) is 5.56 Å². The molecular weight excluding hydrogens is 265 g/mol. The van der Waals surface area contributed by atoms with Crippen LogP contribution in [0.4, 0.5) is 10.1 Å². The number of para-hydroxylation sites is 1. The quantitative estimate of drug-likeness (QED) is 0.863. The predicted molar refractivity (Wildman–Crippen MR) is 73.9 cm³/mol. The summed E-state index contributed by atoms with van der Waals surface area (Å²) < 4.78 is 38.5. The Hall–Kier alpha value is -1.88. The zero-order valence-electron chi connectivity index (χ0n) is 10.5. The van der Waals surface area contributed by atoms with E-state index in [0.717, 1.165) is 0 Å². The fourth-order valence-corrected chi connectivity index (χ4v) is 2.94. The summed E-state index contributed by atoms with van der Waals surface area (Å²) in [4.78, 5) is 0. The third-order valence-electron chi connectivity index (χ3n) is 2.80. The molecule has 100 valence electrons. The molecule has 0 unspecified atom stereocenters. The van der Waals surface area contributed by atoms with E-state index in [9.17, 15) is 12.8 Å². The molecule has 0 aliphatic heterocycles. The molecule has 0 aliphatic rings. The third kappa shape index (κ3) is 3.32. The lowest BCUT2D eigenvalue weighted by Gasteiger charge is -2.19. The van der Waals surface area contributed by atoms with Crippen molar-refractivity contribution in [1.29, 1.82) is 0 Å². The van der Waals surface area contributed by atoms with Gasteiger partial charge in [-0.3, -0.25) is 4.31 Å². The Morgan fingerprint density at radius 2 is 1.58 bits per heavy atom. The van der Waals surface area contributed by atoms with Crippen LogP contribution >= 0.6 is 0 Å². The van der Waals surface area contributed by atoms with Crippen LogP contribution in [-0.4, -0.2) is 15.5 Å². The van der Waals surface area contributed by atoms with Gasteiger partial charge in [0.1, 0.15) is 5.82 Å². The van der Waals surface area contributed by atoms with Gasteiger partial charge >= 0.3 is 0 Å². The molecule has 0 spiro atoms. The number of halogens is 1. The molecule has 2 aromatic rings. The first-order chi connectivity index (χ1) is 8.99. The van der Waals surface area contributed by atoms with Gasteiger partial charge in [0.05, 0.1) is 11.4 Å². The molecule has 0 N–H and O–H groups in total. The molecular formula is C14H14FNO2S. The summed E-state index contributed by atoms with van der Waals surface area (Å²) >= 11 is 0. The van der Waals surface area contributed by atoms with Crippen molar-refractivity contribution in [3.05, 3.63) is 66.0 Å². The first-order valence-electron chi connectivity index (χ1n) is 5.75. The Kier molecular flexibility index (Phi) is 3.85. The van der Waals surface area contributed by atoms with Crippen molar-refractivity contribution >= 4 is 15.7 Å². The van der Waals surface area contributed by atoms with E-state index < -0.39 is 10.0 Å². The molecule has 0 saturated heterocycles. The number of hydrogen-bond acceptors (Lipinski definition) is 2. The molecule has 0 atom stereocenters. The molecule has 0 radical (unpaired) electrons. The van der Waals surface area contributed by atoms with Gasteiger partial charge in [0.2, 0.25) is 10.0 Å². The monoisotopic (exact) mass is 279 g/mol. The molecule has 2 rings (SSSR count). The zero-order valence-corrected chi connectivity index (χ0v) is 11.3. The number of benzene rings is 2. The summed E-state index contributed by atoms with van der Waals surface area (Å²) in [5, 5.41) is 0. The van der Waals surface area contributed by atoms with Crippen LogP contribution < -0.4 is 4.31 Å². The van der Waals surface area contributed by atoms with Gasteiger partial charge in [0.15, 0.2) is 0 Å². The number of sulfonamides is 1. The maximum absolute atomic E-state index is 12.8. The highest BCUT2D eigenvalue weighted by molar-refractivity contribution is 7.92. The molecule has 3 nitrogen and oxygen atoms in total. The lowest BCUT2D eigenvalue weighted by Crippen LogP contribution is -2.27. The Bertz CT molecular complexity index is 639. The van der Waals surface area contributed by atoms with Crippen LogP contribution in [0, 0.1) is 5.82 Å². The molecule has 0 bridgehead atoms. The average molecular weight is 279 g/mol. The predicted octanol–water partition coefficient (Wildman–Crippen LogP) is 2.79. The van der Waals surface area contributed by atoms with Gasteiger partial charge in [-0.05, 0) is 29.8 Å². The van der Waals surface area contributed by atoms with Crippen molar-refractivity contribution in [2.24, 2.45) is 0 Å². The van der Waals surface area contributed by atoms with E-state index in [1.165, 1.54) is 35.6 Å². The number of rotatable bonds is 4. The van der Waals surface area contributed by atoms with E-state index >= 15 is 0 Å². The molecule has 0 aliphatic carbocycles. The maximum Gasteiger partial charge on any atom is 0.239 e. The largest absolute Gasteiger partial charge is 0.273 e. The van der Waals surface area contributed by atoms with Crippen molar-refractivity contribution in [2.75, 3.05) is 11.4 Å². The van der Waals surface area contributed by atoms with Gasteiger partial charge in [-0.15, -0.1) is 0 Å². The summed E-state index contributed by atoms with van der Waals surface area (Å²) in [6.45, 7) is 0. The molecule has 0 amide bonds.